The summed E-state index contributed by atoms with van der Waals surface area (Å²) < 4.78 is 45.4. The molecule has 1 N–H and O–H groups in total. The number of hydrogen-bond donors (Lipinski definition) is 1. The standard InChI is InChI=1S/C24H21F3N4O2S/c1-22(2)10-16-19(17(32)11-22)23(24(25,26)27,20(33)31(16)13-14-6-5-9-28-12-14)30-21-29-15-7-3-4-8-18(15)34-21/h3-9,12H,10-11,13H2,1-2H3,(H,29,30)/t23-/m0/s1. The maximum absolute atomic E-state index is 14.9. The molecule has 1 atom stereocenters. The van der Waals surface area contributed by atoms with Crippen LogP contribution in [0.4, 0.5) is 18.3 Å². The van der Waals surface area contributed by atoms with Crippen molar-refractivity contribution in [2.45, 2.75) is 44.9 Å². The number of ketones is 1. The number of nitrogens with zero attached hydrogens (tertiary/aromatic N) is 3. The molecule has 2 aromatic heterocycles. The molecule has 10 heteroatoms. The summed E-state index contributed by atoms with van der Waals surface area (Å²) in [7, 11) is 0. The molecule has 0 bridgehead atoms. The normalized spacial score (nSPS) is 22.4. The summed E-state index contributed by atoms with van der Waals surface area (Å²) in [6.45, 7) is 3.51. The van der Waals surface area contributed by atoms with Gasteiger partial charge in [-0.15, -0.1) is 0 Å². The van der Waals surface area contributed by atoms with Crippen LogP contribution in [0, 0.1) is 5.41 Å². The van der Waals surface area contributed by atoms with Crippen LogP contribution < -0.4 is 5.32 Å². The van der Waals surface area contributed by atoms with E-state index in [4.69, 9.17) is 0 Å². The number of hydrogen-bond acceptors (Lipinski definition) is 6. The van der Waals surface area contributed by atoms with E-state index in [0.717, 1.165) is 16.2 Å². The van der Waals surface area contributed by atoms with Crippen molar-refractivity contribution in [3.63, 3.8) is 0 Å². The first-order valence-corrected chi connectivity index (χ1v) is 11.5. The van der Waals surface area contributed by atoms with E-state index in [1.807, 2.05) is 13.8 Å². The van der Waals surface area contributed by atoms with Crippen LogP contribution >= 0.6 is 11.3 Å². The SMILES string of the molecule is CC1(C)CC(=O)C2=C(C1)N(Cc1cccnc1)C(=O)[C@]2(Nc1nc2ccccc2s1)C(F)(F)F. The lowest BCUT2D eigenvalue weighted by atomic mass is 9.72. The number of benzene rings is 1. The molecule has 2 aliphatic rings. The van der Waals surface area contributed by atoms with Gasteiger partial charge in [0.25, 0.3) is 5.91 Å². The Morgan fingerprint density at radius 3 is 2.56 bits per heavy atom. The van der Waals surface area contributed by atoms with Crippen molar-refractivity contribution in [1.82, 2.24) is 14.9 Å². The number of Topliss-reactive ketones (excluding diaryl/α,β-unsaturated/α-hetero) is 1. The van der Waals surface area contributed by atoms with Crippen LogP contribution in [-0.2, 0) is 16.1 Å². The summed E-state index contributed by atoms with van der Waals surface area (Å²) >= 11 is 1.01. The van der Waals surface area contributed by atoms with Crippen LogP contribution in [0.25, 0.3) is 10.2 Å². The Kier molecular flexibility index (Phi) is 5.05. The summed E-state index contributed by atoms with van der Waals surface area (Å²) in [5, 5.41) is 2.33. The number of rotatable bonds is 4. The van der Waals surface area contributed by atoms with Crippen molar-refractivity contribution in [2.24, 2.45) is 5.41 Å². The van der Waals surface area contributed by atoms with Crippen LogP contribution in [0.5, 0.6) is 0 Å². The lowest BCUT2D eigenvalue weighted by molar-refractivity contribution is -0.181. The minimum absolute atomic E-state index is 0.0698. The molecule has 1 aliphatic carbocycles. The van der Waals surface area contributed by atoms with E-state index in [0.29, 0.717) is 15.8 Å². The van der Waals surface area contributed by atoms with Gasteiger partial charge in [0, 0.05) is 24.5 Å². The van der Waals surface area contributed by atoms with Gasteiger partial charge in [-0.3, -0.25) is 14.6 Å². The molecule has 0 unspecified atom stereocenters. The smallest absolute Gasteiger partial charge is 0.336 e. The number of fused-ring (bicyclic) bond motifs is 1. The third kappa shape index (κ3) is 3.48. The Balaban J connectivity index is 1.68. The highest BCUT2D eigenvalue weighted by Gasteiger charge is 2.71. The number of pyridine rings is 1. The van der Waals surface area contributed by atoms with Gasteiger partial charge in [0.1, 0.15) is 0 Å². The van der Waals surface area contributed by atoms with Gasteiger partial charge in [0.05, 0.1) is 22.3 Å². The Morgan fingerprint density at radius 1 is 1.12 bits per heavy atom. The van der Waals surface area contributed by atoms with Crippen LogP contribution in [0.1, 0.15) is 32.3 Å². The Labute approximate surface area is 197 Å². The van der Waals surface area contributed by atoms with Crippen molar-refractivity contribution in [1.29, 1.82) is 0 Å². The third-order valence-electron chi connectivity index (χ3n) is 6.20. The fourth-order valence-corrected chi connectivity index (χ4v) is 5.67. The van der Waals surface area contributed by atoms with Gasteiger partial charge in [-0.2, -0.15) is 13.2 Å². The van der Waals surface area contributed by atoms with E-state index in [1.165, 1.54) is 6.20 Å². The molecule has 3 aromatic rings. The van der Waals surface area contributed by atoms with Crippen molar-refractivity contribution >= 4 is 38.4 Å². The zero-order valence-electron chi connectivity index (χ0n) is 18.4. The molecule has 34 heavy (non-hydrogen) atoms. The Morgan fingerprint density at radius 2 is 1.88 bits per heavy atom. The average Bonchev–Trinajstić information content (AvgIpc) is 3.26. The van der Waals surface area contributed by atoms with Gasteiger partial charge in [-0.05, 0) is 35.6 Å². The van der Waals surface area contributed by atoms with Gasteiger partial charge >= 0.3 is 6.18 Å². The van der Waals surface area contributed by atoms with E-state index < -0.39 is 34.4 Å². The van der Waals surface area contributed by atoms with Crippen molar-refractivity contribution < 1.29 is 22.8 Å². The topological polar surface area (TPSA) is 75.2 Å². The summed E-state index contributed by atoms with van der Waals surface area (Å²) in [5.74, 6) is -1.90. The van der Waals surface area contributed by atoms with Crippen LogP contribution in [-0.4, -0.2) is 38.3 Å². The van der Waals surface area contributed by atoms with E-state index in [1.54, 1.807) is 42.6 Å². The maximum atomic E-state index is 14.9. The van der Waals surface area contributed by atoms with Crippen LogP contribution in [0.3, 0.4) is 0 Å². The third-order valence-corrected chi connectivity index (χ3v) is 7.15. The molecule has 176 valence electrons. The van der Waals surface area contributed by atoms with E-state index in [2.05, 4.69) is 15.3 Å². The number of thiazole rings is 1. The van der Waals surface area contributed by atoms with Gasteiger partial charge < -0.3 is 10.2 Å². The van der Waals surface area contributed by atoms with Crippen molar-refractivity contribution in [3.05, 3.63) is 65.6 Å². The fourth-order valence-electron chi connectivity index (χ4n) is 4.75. The highest BCUT2D eigenvalue weighted by atomic mass is 32.1. The summed E-state index contributed by atoms with van der Waals surface area (Å²) in [6, 6.07) is 10.2. The second-order valence-corrected chi connectivity index (χ2v) is 10.4. The average molecular weight is 487 g/mol. The van der Waals surface area contributed by atoms with Crippen molar-refractivity contribution in [2.75, 3.05) is 5.32 Å². The minimum atomic E-state index is -5.08. The van der Waals surface area contributed by atoms with Crippen molar-refractivity contribution in [3.8, 4) is 0 Å². The molecule has 0 spiro atoms. The zero-order chi connectivity index (χ0) is 24.3. The van der Waals surface area contributed by atoms with E-state index in [-0.39, 0.29) is 30.2 Å². The lowest BCUT2D eigenvalue weighted by Gasteiger charge is -2.35. The summed E-state index contributed by atoms with van der Waals surface area (Å²) in [6.07, 6.45) is -1.96. The van der Waals surface area contributed by atoms with E-state index in [9.17, 15) is 22.8 Å². The molecule has 0 saturated heterocycles. The second-order valence-electron chi connectivity index (χ2n) is 9.37. The largest absolute Gasteiger partial charge is 0.425 e. The molecule has 3 heterocycles. The number of aromatic nitrogens is 2. The number of carbonyl (C=O) groups excluding carboxylic acids is 2. The highest BCUT2D eigenvalue weighted by Crippen LogP contribution is 2.53. The Hall–Kier alpha value is -3.27. The number of amides is 1. The number of carbonyl (C=O) groups is 2. The first kappa shape index (κ1) is 22.5. The number of nitrogens with one attached hydrogen (secondary N) is 1. The number of anilines is 1. The predicted molar refractivity (Wildman–Crippen MR) is 122 cm³/mol. The number of para-hydroxylation sites is 1. The maximum Gasteiger partial charge on any atom is 0.425 e. The summed E-state index contributed by atoms with van der Waals surface area (Å²) in [5.41, 5.74) is -3.12. The molecule has 0 saturated carbocycles. The minimum Gasteiger partial charge on any atom is -0.336 e. The molecule has 1 aromatic carbocycles. The number of halogens is 3. The predicted octanol–water partition coefficient (Wildman–Crippen LogP) is 5.09. The molecule has 0 fully saturated rings. The molecular formula is C24H21F3N4O2S. The number of alkyl halides is 3. The molecule has 6 nitrogen and oxygen atoms in total. The van der Waals surface area contributed by atoms with Crippen LogP contribution in [0.15, 0.2) is 60.1 Å². The first-order valence-electron chi connectivity index (χ1n) is 10.7. The second kappa shape index (κ2) is 7.63. The van der Waals surface area contributed by atoms with Gasteiger partial charge in [0.15, 0.2) is 10.9 Å². The fraction of sp³-hybridized carbons (Fsp3) is 0.333. The molecule has 1 aliphatic heterocycles. The van der Waals surface area contributed by atoms with Crippen LogP contribution in [0.2, 0.25) is 0 Å². The number of allylic oxidation sites excluding steroid dienone is 1. The lowest BCUT2D eigenvalue weighted by Crippen LogP contribution is -2.60. The van der Waals surface area contributed by atoms with Gasteiger partial charge in [-0.1, -0.05) is 43.4 Å². The monoisotopic (exact) mass is 486 g/mol. The molecule has 5 rings (SSSR count). The van der Waals surface area contributed by atoms with Gasteiger partial charge in [0.2, 0.25) is 5.54 Å². The zero-order valence-corrected chi connectivity index (χ0v) is 19.3. The molecule has 0 radical (unpaired) electrons. The first-order chi connectivity index (χ1) is 16.0. The van der Waals surface area contributed by atoms with Gasteiger partial charge in [-0.25, -0.2) is 4.98 Å². The molecule has 1 amide bonds. The highest BCUT2D eigenvalue weighted by molar-refractivity contribution is 7.22. The van der Waals surface area contributed by atoms with E-state index >= 15 is 0 Å². The molecular weight excluding hydrogens is 465 g/mol. The quantitative estimate of drug-likeness (QED) is 0.556. The summed E-state index contributed by atoms with van der Waals surface area (Å²) in [4.78, 5) is 36.3. The Bertz CT molecular complexity index is 1300.